The predicted octanol–water partition coefficient (Wildman–Crippen LogP) is 5.11. The maximum atomic E-state index is 13.7. The summed E-state index contributed by atoms with van der Waals surface area (Å²) in [4.78, 5) is 0. The average molecular weight is 270 g/mol. The second-order valence-corrected chi connectivity index (χ2v) is 6.00. The lowest BCUT2D eigenvalue weighted by atomic mass is 9.78. The largest absolute Gasteiger partial charge is 0.380 e. The third-order valence-corrected chi connectivity index (χ3v) is 4.18. The summed E-state index contributed by atoms with van der Waals surface area (Å²) in [5.41, 5.74) is 0.542. The molecule has 0 radical (unpaired) electrons. The monoisotopic (exact) mass is 269 g/mol. The highest BCUT2D eigenvalue weighted by molar-refractivity contribution is 6.30. The van der Waals surface area contributed by atoms with Gasteiger partial charge in [-0.2, -0.15) is 0 Å². The molecule has 1 nitrogen and oxygen atoms in total. The lowest BCUT2D eigenvalue weighted by Crippen LogP contribution is -2.35. The number of nitrogens with one attached hydrogen (secondary N) is 1. The Morgan fingerprint density at radius 1 is 1.28 bits per heavy atom. The van der Waals surface area contributed by atoms with Crippen LogP contribution in [0.5, 0.6) is 0 Å². The maximum Gasteiger partial charge on any atom is 0.146 e. The van der Waals surface area contributed by atoms with Crippen LogP contribution < -0.4 is 5.32 Å². The summed E-state index contributed by atoms with van der Waals surface area (Å²) in [5, 5.41) is 3.94. The Morgan fingerprint density at radius 2 is 2.00 bits per heavy atom. The standard InChI is InChI=1S/C15H21ClFN/c1-10(2)12-5-3-4-6-14(12)18-15-9-11(16)7-8-13(15)17/h7-10,12,14,18H,3-6H2,1-2H3. The van der Waals surface area contributed by atoms with E-state index in [2.05, 4.69) is 19.2 Å². The first-order valence-electron chi connectivity index (χ1n) is 6.79. The Kier molecular flexibility index (Phi) is 4.50. The van der Waals surface area contributed by atoms with Gasteiger partial charge in [0.05, 0.1) is 5.69 Å². The van der Waals surface area contributed by atoms with E-state index in [1.807, 2.05) is 0 Å². The first kappa shape index (κ1) is 13.7. The number of rotatable bonds is 3. The summed E-state index contributed by atoms with van der Waals surface area (Å²) in [6.45, 7) is 4.50. The van der Waals surface area contributed by atoms with Gasteiger partial charge in [0, 0.05) is 11.1 Å². The van der Waals surface area contributed by atoms with Gasteiger partial charge >= 0.3 is 0 Å². The fraction of sp³-hybridized carbons (Fsp3) is 0.600. The molecule has 18 heavy (non-hydrogen) atoms. The minimum atomic E-state index is -0.215. The lowest BCUT2D eigenvalue weighted by molar-refractivity contribution is 0.253. The van der Waals surface area contributed by atoms with Crippen LogP contribution in [-0.2, 0) is 0 Å². The molecule has 0 aromatic heterocycles. The van der Waals surface area contributed by atoms with Crippen molar-refractivity contribution >= 4 is 17.3 Å². The fourth-order valence-electron chi connectivity index (χ4n) is 2.94. The Balaban J connectivity index is 2.13. The number of halogens is 2. The minimum absolute atomic E-state index is 0.215. The van der Waals surface area contributed by atoms with E-state index in [1.54, 1.807) is 12.1 Å². The van der Waals surface area contributed by atoms with Gasteiger partial charge in [-0.1, -0.05) is 38.3 Å². The molecule has 2 rings (SSSR count). The fourth-order valence-corrected chi connectivity index (χ4v) is 3.12. The Hall–Kier alpha value is -0.760. The van der Waals surface area contributed by atoms with Crippen LogP contribution in [0.1, 0.15) is 39.5 Å². The minimum Gasteiger partial charge on any atom is -0.380 e. The Bertz CT molecular complexity index is 405. The van der Waals surface area contributed by atoms with Crippen molar-refractivity contribution in [2.24, 2.45) is 11.8 Å². The van der Waals surface area contributed by atoms with Gasteiger partial charge in [-0.3, -0.25) is 0 Å². The van der Waals surface area contributed by atoms with E-state index in [4.69, 9.17) is 11.6 Å². The quantitative estimate of drug-likeness (QED) is 0.804. The molecule has 2 atom stereocenters. The van der Waals surface area contributed by atoms with Crippen LogP contribution in [-0.4, -0.2) is 6.04 Å². The SMILES string of the molecule is CC(C)C1CCCCC1Nc1cc(Cl)ccc1F. The van der Waals surface area contributed by atoms with Crippen molar-refractivity contribution in [3.05, 3.63) is 29.0 Å². The Labute approximate surface area is 114 Å². The molecular formula is C15H21ClFN. The zero-order chi connectivity index (χ0) is 13.1. The van der Waals surface area contributed by atoms with E-state index >= 15 is 0 Å². The summed E-state index contributed by atoms with van der Waals surface area (Å²) in [5.74, 6) is 1.04. The van der Waals surface area contributed by atoms with E-state index in [0.29, 0.717) is 28.6 Å². The highest BCUT2D eigenvalue weighted by Crippen LogP contribution is 2.33. The van der Waals surface area contributed by atoms with Crippen LogP contribution in [0.15, 0.2) is 18.2 Å². The molecule has 0 bridgehead atoms. The molecule has 1 aliphatic rings. The van der Waals surface area contributed by atoms with Crippen LogP contribution in [0, 0.1) is 17.7 Å². The van der Waals surface area contributed by atoms with Crippen molar-refractivity contribution in [3.8, 4) is 0 Å². The Morgan fingerprint density at radius 3 is 2.72 bits per heavy atom. The van der Waals surface area contributed by atoms with Gasteiger partial charge in [-0.05, 0) is 42.9 Å². The third-order valence-electron chi connectivity index (χ3n) is 3.95. The van der Waals surface area contributed by atoms with E-state index in [-0.39, 0.29) is 5.82 Å². The lowest BCUT2D eigenvalue weighted by Gasteiger charge is -2.35. The van der Waals surface area contributed by atoms with Crippen LogP contribution >= 0.6 is 11.6 Å². The number of hydrogen-bond donors (Lipinski definition) is 1. The van der Waals surface area contributed by atoms with Crippen molar-refractivity contribution < 1.29 is 4.39 Å². The highest BCUT2D eigenvalue weighted by atomic mass is 35.5. The van der Waals surface area contributed by atoms with Crippen molar-refractivity contribution in [1.82, 2.24) is 0 Å². The summed E-state index contributed by atoms with van der Waals surface area (Å²) in [6.07, 6.45) is 4.87. The molecular weight excluding hydrogens is 249 g/mol. The van der Waals surface area contributed by atoms with Crippen LogP contribution in [0.2, 0.25) is 5.02 Å². The molecule has 3 heteroatoms. The second kappa shape index (κ2) is 5.92. The molecule has 0 aliphatic heterocycles. The van der Waals surface area contributed by atoms with Gasteiger partial charge in [0.1, 0.15) is 5.82 Å². The molecule has 1 aromatic rings. The van der Waals surface area contributed by atoms with E-state index in [1.165, 1.54) is 25.3 Å². The van der Waals surface area contributed by atoms with Gasteiger partial charge < -0.3 is 5.32 Å². The molecule has 0 amide bonds. The van der Waals surface area contributed by atoms with Crippen molar-refractivity contribution in [1.29, 1.82) is 0 Å². The number of anilines is 1. The third kappa shape index (κ3) is 3.17. The molecule has 1 fully saturated rings. The predicted molar refractivity (Wildman–Crippen MR) is 75.6 cm³/mol. The van der Waals surface area contributed by atoms with E-state index in [0.717, 1.165) is 6.42 Å². The van der Waals surface area contributed by atoms with Gasteiger partial charge in [0.2, 0.25) is 0 Å². The summed E-state index contributed by atoms with van der Waals surface area (Å²) < 4.78 is 13.7. The first-order valence-corrected chi connectivity index (χ1v) is 7.17. The molecule has 0 heterocycles. The topological polar surface area (TPSA) is 12.0 Å². The number of hydrogen-bond acceptors (Lipinski definition) is 1. The molecule has 1 saturated carbocycles. The molecule has 2 unspecified atom stereocenters. The van der Waals surface area contributed by atoms with Gasteiger partial charge in [0.25, 0.3) is 0 Å². The molecule has 1 aliphatic carbocycles. The average Bonchev–Trinajstić information content (AvgIpc) is 2.34. The van der Waals surface area contributed by atoms with Gasteiger partial charge in [-0.25, -0.2) is 4.39 Å². The summed E-state index contributed by atoms with van der Waals surface area (Å²) >= 11 is 5.93. The van der Waals surface area contributed by atoms with Gasteiger partial charge in [0.15, 0.2) is 0 Å². The normalized spacial score (nSPS) is 24.3. The molecule has 0 spiro atoms. The van der Waals surface area contributed by atoms with Crippen LogP contribution in [0.25, 0.3) is 0 Å². The van der Waals surface area contributed by atoms with E-state index in [9.17, 15) is 4.39 Å². The zero-order valence-electron chi connectivity index (χ0n) is 11.0. The maximum absolute atomic E-state index is 13.7. The molecule has 0 saturated heterocycles. The molecule has 1 N–H and O–H groups in total. The smallest absolute Gasteiger partial charge is 0.146 e. The van der Waals surface area contributed by atoms with Gasteiger partial charge in [-0.15, -0.1) is 0 Å². The number of benzene rings is 1. The van der Waals surface area contributed by atoms with Crippen molar-refractivity contribution in [3.63, 3.8) is 0 Å². The zero-order valence-corrected chi connectivity index (χ0v) is 11.8. The molecule has 1 aromatic carbocycles. The first-order chi connectivity index (χ1) is 8.58. The van der Waals surface area contributed by atoms with Crippen LogP contribution in [0.4, 0.5) is 10.1 Å². The summed E-state index contributed by atoms with van der Waals surface area (Å²) in [7, 11) is 0. The van der Waals surface area contributed by atoms with E-state index < -0.39 is 0 Å². The van der Waals surface area contributed by atoms with Crippen molar-refractivity contribution in [2.75, 3.05) is 5.32 Å². The summed E-state index contributed by atoms with van der Waals surface area (Å²) in [6, 6.07) is 5.07. The van der Waals surface area contributed by atoms with Crippen LogP contribution in [0.3, 0.4) is 0 Å². The molecule has 100 valence electrons. The second-order valence-electron chi connectivity index (χ2n) is 5.57. The van der Waals surface area contributed by atoms with Crippen molar-refractivity contribution in [2.45, 2.75) is 45.6 Å². The highest BCUT2D eigenvalue weighted by Gasteiger charge is 2.27.